The first-order valence-electron chi connectivity index (χ1n) is 6.80. The maximum absolute atomic E-state index is 13.5. The lowest BCUT2D eigenvalue weighted by Crippen LogP contribution is -2.08. The third-order valence-corrected chi connectivity index (χ3v) is 3.53. The molecule has 2 nitrogen and oxygen atoms in total. The summed E-state index contributed by atoms with van der Waals surface area (Å²) in [6.45, 7) is 0. The van der Waals surface area contributed by atoms with Gasteiger partial charge in [0.25, 0.3) is 0 Å². The summed E-state index contributed by atoms with van der Waals surface area (Å²) in [5.41, 5.74) is 1.23. The van der Waals surface area contributed by atoms with Crippen LogP contribution in [0, 0.1) is 5.82 Å². The number of pyridine rings is 1. The molecule has 0 radical (unpaired) electrons. The second kappa shape index (κ2) is 6.47. The maximum atomic E-state index is 13.5. The third kappa shape index (κ3) is 3.32. The van der Waals surface area contributed by atoms with Crippen LogP contribution in [-0.2, 0) is 13.2 Å². The summed E-state index contributed by atoms with van der Waals surface area (Å²) in [5.74, 6) is -1.28. The Morgan fingerprint density at radius 1 is 0.917 bits per heavy atom. The van der Waals surface area contributed by atoms with E-state index in [0.29, 0.717) is 11.1 Å². The molecule has 3 aromatic rings. The van der Waals surface area contributed by atoms with E-state index in [2.05, 4.69) is 4.98 Å². The lowest BCUT2D eigenvalue weighted by Gasteiger charge is -2.11. The van der Waals surface area contributed by atoms with Gasteiger partial charge in [-0.3, -0.25) is 4.98 Å². The van der Waals surface area contributed by atoms with E-state index in [-0.39, 0.29) is 7.43 Å². The largest absolute Gasteiger partial charge is 0.419 e. The van der Waals surface area contributed by atoms with Crippen molar-refractivity contribution in [3.8, 4) is 22.3 Å². The van der Waals surface area contributed by atoms with Crippen LogP contribution < -0.4 is 0 Å². The van der Waals surface area contributed by atoms with Gasteiger partial charge in [-0.1, -0.05) is 13.5 Å². The standard InChI is InChI=1S/C17H12F4N2.CH4/c1-23-9-13(11-4-6-22-7-5-11)14(10-23)12-2-3-16(18)15(8-12)17(19,20)21;/h2-10H,1H3;1H4. The number of hydrogen-bond acceptors (Lipinski definition) is 1. The van der Waals surface area contributed by atoms with Crippen molar-refractivity contribution in [2.45, 2.75) is 13.6 Å². The van der Waals surface area contributed by atoms with Gasteiger partial charge in [0.05, 0.1) is 5.56 Å². The quantitative estimate of drug-likeness (QED) is 0.561. The van der Waals surface area contributed by atoms with Crippen LogP contribution in [0.1, 0.15) is 13.0 Å². The fraction of sp³-hybridized carbons (Fsp3) is 0.167. The van der Waals surface area contributed by atoms with Crippen LogP contribution in [0.3, 0.4) is 0 Å². The summed E-state index contributed by atoms with van der Waals surface area (Å²) in [7, 11) is 1.78. The van der Waals surface area contributed by atoms with E-state index in [1.165, 1.54) is 6.07 Å². The van der Waals surface area contributed by atoms with Crippen molar-refractivity contribution in [2.24, 2.45) is 7.05 Å². The van der Waals surface area contributed by atoms with Gasteiger partial charge in [0, 0.05) is 43.0 Å². The van der Waals surface area contributed by atoms with E-state index in [1.54, 1.807) is 48.5 Å². The van der Waals surface area contributed by atoms with Gasteiger partial charge in [-0.05, 0) is 35.4 Å². The molecule has 0 aliphatic carbocycles. The summed E-state index contributed by atoms with van der Waals surface area (Å²) >= 11 is 0. The summed E-state index contributed by atoms with van der Waals surface area (Å²) in [6.07, 6.45) is 2.01. The molecule has 3 rings (SSSR count). The molecule has 0 spiro atoms. The lowest BCUT2D eigenvalue weighted by atomic mass is 9.98. The summed E-state index contributed by atoms with van der Waals surface area (Å²) < 4.78 is 54.0. The van der Waals surface area contributed by atoms with Crippen LogP contribution in [0.2, 0.25) is 0 Å². The van der Waals surface area contributed by atoms with Crippen molar-refractivity contribution in [1.82, 2.24) is 9.55 Å². The van der Waals surface area contributed by atoms with Crippen LogP contribution in [0.25, 0.3) is 22.3 Å². The minimum absolute atomic E-state index is 0. The number of hydrogen-bond donors (Lipinski definition) is 0. The van der Waals surface area contributed by atoms with Crippen LogP contribution in [0.15, 0.2) is 55.1 Å². The molecule has 0 unspecified atom stereocenters. The predicted octanol–water partition coefficient (Wildman–Crippen LogP) is 5.55. The number of aromatic nitrogens is 2. The fourth-order valence-electron chi connectivity index (χ4n) is 2.49. The topological polar surface area (TPSA) is 17.8 Å². The molecule has 0 aliphatic rings. The zero-order valence-corrected chi connectivity index (χ0v) is 12.1. The second-order valence-corrected chi connectivity index (χ2v) is 5.18. The highest BCUT2D eigenvalue weighted by atomic mass is 19.4. The average molecular weight is 336 g/mol. The van der Waals surface area contributed by atoms with Crippen molar-refractivity contribution in [3.05, 3.63) is 66.5 Å². The zero-order valence-electron chi connectivity index (χ0n) is 12.1. The second-order valence-electron chi connectivity index (χ2n) is 5.18. The van der Waals surface area contributed by atoms with Gasteiger partial charge >= 0.3 is 6.18 Å². The molecule has 2 heterocycles. The Hall–Kier alpha value is -2.63. The van der Waals surface area contributed by atoms with Crippen LogP contribution in [-0.4, -0.2) is 9.55 Å². The number of halogens is 4. The number of nitrogens with zero attached hydrogens (tertiary/aromatic N) is 2. The molecule has 1 aromatic carbocycles. The van der Waals surface area contributed by atoms with E-state index in [0.717, 1.165) is 23.3 Å². The molecule has 6 heteroatoms. The minimum atomic E-state index is -4.73. The van der Waals surface area contributed by atoms with Gasteiger partial charge in [0.2, 0.25) is 0 Å². The van der Waals surface area contributed by atoms with E-state index >= 15 is 0 Å². The first-order valence-corrected chi connectivity index (χ1v) is 6.80. The van der Waals surface area contributed by atoms with Crippen molar-refractivity contribution in [3.63, 3.8) is 0 Å². The van der Waals surface area contributed by atoms with Crippen LogP contribution in [0.4, 0.5) is 17.6 Å². The van der Waals surface area contributed by atoms with E-state index in [9.17, 15) is 17.6 Å². The Morgan fingerprint density at radius 3 is 2.08 bits per heavy atom. The minimum Gasteiger partial charge on any atom is -0.356 e. The van der Waals surface area contributed by atoms with Gasteiger partial charge in [-0.2, -0.15) is 13.2 Å². The molecule has 0 atom stereocenters. The van der Waals surface area contributed by atoms with Gasteiger partial charge in [-0.15, -0.1) is 0 Å². The average Bonchev–Trinajstić information content (AvgIpc) is 2.89. The van der Waals surface area contributed by atoms with Crippen molar-refractivity contribution < 1.29 is 17.6 Å². The lowest BCUT2D eigenvalue weighted by molar-refractivity contribution is -0.139. The van der Waals surface area contributed by atoms with Crippen molar-refractivity contribution >= 4 is 0 Å². The molecule has 0 saturated carbocycles. The monoisotopic (exact) mass is 336 g/mol. The highest BCUT2D eigenvalue weighted by Crippen LogP contribution is 2.37. The molecule has 2 aromatic heterocycles. The Kier molecular flexibility index (Phi) is 4.78. The molecule has 0 N–H and O–H groups in total. The molecular formula is C18H16F4N2. The summed E-state index contributed by atoms with van der Waals surface area (Å²) in [6, 6.07) is 6.58. The highest BCUT2D eigenvalue weighted by Gasteiger charge is 2.34. The van der Waals surface area contributed by atoms with Crippen LogP contribution >= 0.6 is 0 Å². The molecule has 0 fully saturated rings. The van der Waals surface area contributed by atoms with Gasteiger partial charge in [0.1, 0.15) is 5.82 Å². The molecular weight excluding hydrogens is 320 g/mol. The number of rotatable bonds is 2. The van der Waals surface area contributed by atoms with Gasteiger partial charge in [-0.25, -0.2) is 4.39 Å². The fourth-order valence-corrected chi connectivity index (χ4v) is 2.49. The zero-order chi connectivity index (χ0) is 16.6. The highest BCUT2D eigenvalue weighted by molar-refractivity contribution is 5.83. The number of benzene rings is 1. The first-order chi connectivity index (χ1) is 10.9. The molecule has 0 saturated heterocycles. The molecule has 24 heavy (non-hydrogen) atoms. The Morgan fingerprint density at radius 2 is 1.50 bits per heavy atom. The molecule has 0 amide bonds. The Bertz CT molecular complexity index is 836. The summed E-state index contributed by atoms with van der Waals surface area (Å²) in [4.78, 5) is 3.93. The Balaban J connectivity index is 0.00000208. The SMILES string of the molecule is C.Cn1cc(-c2ccncc2)c(-c2ccc(F)c(C(F)(F)F)c2)c1. The van der Waals surface area contributed by atoms with E-state index in [4.69, 9.17) is 0 Å². The van der Waals surface area contributed by atoms with E-state index < -0.39 is 17.6 Å². The smallest absolute Gasteiger partial charge is 0.356 e. The normalized spacial score (nSPS) is 11.2. The first kappa shape index (κ1) is 17.7. The maximum Gasteiger partial charge on any atom is 0.419 e. The Labute approximate surface area is 137 Å². The number of alkyl halides is 3. The van der Waals surface area contributed by atoms with E-state index in [1.807, 2.05) is 0 Å². The molecule has 126 valence electrons. The summed E-state index contributed by atoms with van der Waals surface area (Å²) in [5, 5.41) is 0. The van der Waals surface area contributed by atoms with Crippen molar-refractivity contribution in [1.29, 1.82) is 0 Å². The third-order valence-electron chi connectivity index (χ3n) is 3.53. The van der Waals surface area contributed by atoms with Crippen LogP contribution in [0.5, 0.6) is 0 Å². The van der Waals surface area contributed by atoms with Gasteiger partial charge < -0.3 is 4.57 Å². The van der Waals surface area contributed by atoms with Gasteiger partial charge in [0.15, 0.2) is 0 Å². The molecule has 0 bridgehead atoms. The number of aryl methyl sites for hydroxylation is 1. The molecule has 0 aliphatic heterocycles. The van der Waals surface area contributed by atoms with Crippen molar-refractivity contribution in [2.75, 3.05) is 0 Å². The predicted molar refractivity (Wildman–Crippen MR) is 85.8 cm³/mol.